The standard InChI is InChI=1S/C44H29N9/c1-2-10-30-29(9-1)37-45-38(30)47-40-32-12-4-6-14-34(32)42(49-40)51-44-36-23-27-20-25-21-28(53-17-7-8-18-53)16-15-24(25)19-26(27)22-35(36)43(52-44)50-41-33-13-5-3-11-31(33)39(46-37)48-41/h1-6,9-16,19-23H,7-8,17-18H2,(H2,45,46,47,48,49,50,51,52). The number of aromatic amines is 2. The Morgan fingerprint density at radius 3 is 1.28 bits per heavy atom. The van der Waals surface area contributed by atoms with Crippen molar-refractivity contribution in [3.63, 3.8) is 0 Å². The fraction of sp³-hybridized carbons (Fsp3) is 0.0909. The Hall–Kier alpha value is -7.00. The monoisotopic (exact) mass is 683 g/mol. The van der Waals surface area contributed by atoms with Gasteiger partial charge < -0.3 is 14.9 Å². The van der Waals surface area contributed by atoms with Crippen LogP contribution < -0.4 is 4.90 Å². The summed E-state index contributed by atoms with van der Waals surface area (Å²) >= 11 is 0. The second-order valence-corrected chi connectivity index (χ2v) is 14.1. The third-order valence-corrected chi connectivity index (χ3v) is 10.9. The smallest absolute Gasteiger partial charge is 0.164 e. The first-order chi connectivity index (χ1) is 26.2. The van der Waals surface area contributed by atoms with Gasteiger partial charge in [-0.2, -0.15) is 0 Å². The lowest BCUT2D eigenvalue weighted by atomic mass is 10.0. The van der Waals surface area contributed by atoms with Crippen molar-refractivity contribution >= 4 is 71.4 Å². The molecule has 0 spiro atoms. The van der Waals surface area contributed by atoms with Crippen molar-refractivity contribution in [2.45, 2.75) is 12.8 Å². The van der Waals surface area contributed by atoms with Gasteiger partial charge in [0, 0.05) is 62.6 Å². The Kier molecular flexibility index (Phi) is 5.82. The fourth-order valence-electron chi connectivity index (χ4n) is 8.30. The van der Waals surface area contributed by atoms with Crippen molar-refractivity contribution in [1.29, 1.82) is 0 Å². The zero-order valence-electron chi connectivity index (χ0n) is 28.4. The Balaban J connectivity index is 1.20. The van der Waals surface area contributed by atoms with E-state index >= 15 is 0 Å². The summed E-state index contributed by atoms with van der Waals surface area (Å²) in [6, 6.07) is 40.3. The molecule has 1 saturated heterocycles. The van der Waals surface area contributed by atoms with Gasteiger partial charge in [0.25, 0.3) is 0 Å². The van der Waals surface area contributed by atoms with Gasteiger partial charge in [0.05, 0.1) is 0 Å². The zero-order valence-corrected chi connectivity index (χ0v) is 28.4. The molecule has 0 saturated carbocycles. The van der Waals surface area contributed by atoms with Crippen molar-refractivity contribution < 1.29 is 0 Å². The van der Waals surface area contributed by atoms with E-state index in [2.05, 4.69) is 87.7 Å². The Labute approximate surface area is 302 Å². The molecule has 9 aromatic rings. The second-order valence-electron chi connectivity index (χ2n) is 14.1. The van der Waals surface area contributed by atoms with Crippen molar-refractivity contribution in [1.82, 2.24) is 39.9 Å². The SMILES string of the molecule is c1ccc2c(c1)-c1nc-2nc2[nH]c(nc3nc(nc4[nH]c(n1)c1ccccc41)-c1ccccc1-3)c1cc3cc4cc(N5CCCC5)ccc4cc3cc21. The van der Waals surface area contributed by atoms with Crippen LogP contribution in [0.25, 0.3) is 111 Å². The van der Waals surface area contributed by atoms with E-state index < -0.39 is 0 Å². The first-order valence-corrected chi connectivity index (χ1v) is 18.1. The molecule has 3 aliphatic heterocycles. The summed E-state index contributed by atoms with van der Waals surface area (Å²) in [5, 5.41) is 8.53. The topological polar surface area (TPSA) is 112 Å². The van der Waals surface area contributed by atoms with E-state index in [1.807, 2.05) is 42.5 Å². The number of aromatic nitrogens is 8. The van der Waals surface area contributed by atoms with E-state index in [1.165, 1.54) is 29.3 Å². The first kappa shape index (κ1) is 28.7. The summed E-state index contributed by atoms with van der Waals surface area (Å²) < 4.78 is 0. The number of benzene rings is 6. The number of H-pyrrole nitrogens is 2. The van der Waals surface area contributed by atoms with E-state index in [9.17, 15) is 0 Å². The number of hydrogen-bond acceptors (Lipinski definition) is 7. The van der Waals surface area contributed by atoms with Crippen LogP contribution in [0.1, 0.15) is 12.8 Å². The molecule has 3 aromatic heterocycles. The summed E-state index contributed by atoms with van der Waals surface area (Å²) in [5.74, 6) is 2.37. The predicted octanol–water partition coefficient (Wildman–Crippen LogP) is 9.78. The molecule has 6 heterocycles. The number of hydrogen-bond donors (Lipinski definition) is 2. The third kappa shape index (κ3) is 4.37. The predicted molar refractivity (Wildman–Crippen MR) is 213 cm³/mol. The summed E-state index contributed by atoms with van der Waals surface area (Å²) in [6.07, 6.45) is 2.50. The quantitative estimate of drug-likeness (QED) is 0.166. The number of rotatable bonds is 1. The zero-order chi connectivity index (χ0) is 34.6. The fourth-order valence-corrected chi connectivity index (χ4v) is 8.30. The maximum atomic E-state index is 5.24. The normalized spacial score (nSPS) is 13.7. The molecule has 250 valence electrons. The second kappa shape index (κ2) is 10.8. The van der Waals surface area contributed by atoms with E-state index in [0.717, 1.165) is 67.7 Å². The lowest BCUT2D eigenvalue weighted by Crippen LogP contribution is -2.17. The molecule has 0 atom stereocenters. The van der Waals surface area contributed by atoms with Gasteiger partial charge in [-0.3, -0.25) is 0 Å². The third-order valence-electron chi connectivity index (χ3n) is 10.9. The molecule has 9 heteroatoms. The Morgan fingerprint density at radius 1 is 0.377 bits per heavy atom. The molecule has 12 rings (SSSR count). The first-order valence-electron chi connectivity index (χ1n) is 18.1. The summed E-state index contributed by atoms with van der Waals surface area (Å²) in [7, 11) is 0. The average molecular weight is 684 g/mol. The van der Waals surface area contributed by atoms with Crippen LogP contribution >= 0.6 is 0 Å². The van der Waals surface area contributed by atoms with Crippen LogP contribution in [0.5, 0.6) is 0 Å². The summed E-state index contributed by atoms with van der Waals surface area (Å²) in [5.41, 5.74) is 7.71. The van der Waals surface area contributed by atoms with Crippen LogP contribution in [0.3, 0.4) is 0 Å². The molecule has 0 amide bonds. The van der Waals surface area contributed by atoms with Crippen LogP contribution in [-0.4, -0.2) is 53.0 Å². The van der Waals surface area contributed by atoms with E-state index in [1.54, 1.807) is 0 Å². The molecule has 3 aliphatic rings. The summed E-state index contributed by atoms with van der Waals surface area (Å²) in [4.78, 5) is 40.4. The van der Waals surface area contributed by atoms with Crippen molar-refractivity contribution in [2.24, 2.45) is 0 Å². The number of nitrogens with one attached hydrogen (secondary N) is 2. The molecule has 9 nitrogen and oxygen atoms in total. The molecule has 1 fully saturated rings. The molecule has 6 aromatic carbocycles. The highest BCUT2D eigenvalue weighted by Gasteiger charge is 2.22. The number of anilines is 1. The highest BCUT2D eigenvalue weighted by atomic mass is 15.1. The molecule has 0 unspecified atom stereocenters. The van der Waals surface area contributed by atoms with Gasteiger partial charge >= 0.3 is 0 Å². The Morgan fingerprint density at radius 2 is 0.792 bits per heavy atom. The van der Waals surface area contributed by atoms with Gasteiger partial charge in [-0.25, -0.2) is 29.9 Å². The van der Waals surface area contributed by atoms with Gasteiger partial charge in [-0.05, 0) is 70.8 Å². The van der Waals surface area contributed by atoms with Gasteiger partial charge in [0.2, 0.25) is 0 Å². The largest absolute Gasteiger partial charge is 0.372 e. The van der Waals surface area contributed by atoms with Crippen LogP contribution in [-0.2, 0) is 0 Å². The van der Waals surface area contributed by atoms with Crippen LogP contribution in [0.2, 0.25) is 0 Å². The number of fused-ring (bicyclic) bond motifs is 22. The summed E-state index contributed by atoms with van der Waals surface area (Å²) in [6.45, 7) is 2.23. The highest BCUT2D eigenvalue weighted by Crippen LogP contribution is 2.38. The lowest BCUT2D eigenvalue weighted by molar-refractivity contribution is 0.949. The van der Waals surface area contributed by atoms with Crippen molar-refractivity contribution in [3.8, 4) is 45.6 Å². The maximum absolute atomic E-state index is 5.24. The Bertz CT molecular complexity index is 3210. The van der Waals surface area contributed by atoms with Gasteiger partial charge in [0.1, 0.15) is 22.6 Å². The van der Waals surface area contributed by atoms with Crippen LogP contribution in [0.4, 0.5) is 5.69 Å². The highest BCUT2D eigenvalue weighted by molar-refractivity contribution is 6.13. The van der Waals surface area contributed by atoms with Crippen molar-refractivity contribution in [3.05, 3.63) is 115 Å². The molecule has 8 bridgehead atoms. The minimum absolute atomic E-state index is 0.592. The van der Waals surface area contributed by atoms with Gasteiger partial charge in [-0.1, -0.05) is 78.9 Å². The van der Waals surface area contributed by atoms with Crippen molar-refractivity contribution in [2.75, 3.05) is 18.0 Å². The maximum Gasteiger partial charge on any atom is 0.164 e. The van der Waals surface area contributed by atoms with E-state index in [0.29, 0.717) is 45.9 Å². The van der Waals surface area contributed by atoms with E-state index in [-0.39, 0.29) is 0 Å². The minimum atomic E-state index is 0.592. The lowest BCUT2D eigenvalue weighted by Gasteiger charge is -2.18. The van der Waals surface area contributed by atoms with Crippen LogP contribution in [0, 0.1) is 0 Å². The van der Waals surface area contributed by atoms with Crippen LogP contribution in [0.15, 0.2) is 115 Å². The van der Waals surface area contributed by atoms with E-state index in [4.69, 9.17) is 29.9 Å². The van der Waals surface area contributed by atoms with Gasteiger partial charge in [0.15, 0.2) is 23.3 Å². The molecular weight excluding hydrogens is 655 g/mol. The molecule has 0 radical (unpaired) electrons. The average Bonchev–Trinajstić information content (AvgIpc) is 4.03. The molecule has 53 heavy (non-hydrogen) atoms. The number of nitrogens with zero attached hydrogens (tertiary/aromatic N) is 7. The molecule has 2 N–H and O–H groups in total. The van der Waals surface area contributed by atoms with Gasteiger partial charge in [-0.15, -0.1) is 0 Å². The molecular formula is C44H29N9. The molecule has 0 aliphatic carbocycles. The minimum Gasteiger partial charge on any atom is -0.372 e.